The Morgan fingerprint density at radius 3 is 2.54 bits per heavy atom. The predicted molar refractivity (Wildman–Crippen MR) is 49.4 cm³/mol. The van der Waals surface area contributed by atoms with Gasteiger partial charge in [0, 0.05) is 0 Å². The van der Waals surface area contributed by atoms with Gasteiger partial charge in [-0.3, -0.25) is 0 Å². The molecule has 5 heteroatoms. The number of rotatable bonds is 5. The molecule has 0 saturated carbocycles. The molecule has 0 aliphatic heterocycles. The van der Waals surface area contributed by atoms with Gasteiger partial charge in [-0.15, -0.1) is 0 Å². The van der Waals surface area contributed by atoms with Crippen LogP contribution < -0.4 is 5.32 Å². The van der Waals surface area contributed by atoms with Crippen molar-refractivity contribution >= 4 is 27.9 Å². The average Bonchev–Trinajstić information content (AvgIpc) is 2.09. The molecule has 13 heavy (non-hydrogen) atoms. The summed E-state index contributed by atoms with van der Waals surface area (Å²) in [6, 6.07) is -0.552. The van der Waals surface area contributed by atoms with Crippen molar-refractivity contribution < 1.29 is 14.3 Å². The van der Waals surface area contributed by atoms with Crippen LogP contribution in [0.15, 0.2) is 0 Å². The van der Waals surface area contributed by atoms with Gasteiger partial charge in [-0.25, -0.2) is 0 Å². The van der Waals surface area contributed by atoms with Crippen molar-refractivity contribution in [3.63, 3.8) is 0 Å². The standard InChI is InChI=1S/C8H14NO3Se/c1-3-4-12-8(11)7(5-13)9-6(2)10/h7H,3-5H2,1-2H3,(H,9,10)/t7-/m0/s1. The first-order chi connectivity index (χ1) is 6.11. The summed E-state index contributed by atoms with van der Waals surface area (Å²) in [6.45, 7) is 3.68. The molecule has 75 valence electrons. The molecule has 1 amide bonds. The molecule has 0 heterocycles. The average molecular weight is 251 g/mol. The van der Waals surface area contributed by atoms with Gasteiger partial charge in [-0.2, -0.15) is 0 Å². The molecule has 0 aromatic carbocycles. The Balaban J connectivity index is 3.92. The Hall–Kier alpha value is -0.541. The van der Waals surface area contributed by atoms with Crippen LogP contribution in [0.3, 0.4) is 0 Å². The van der Waals surface area contributed by atoms with E-state index in [-0.39, 0.29) is 11.9 Å². The molecule has 0 aromatic heterocycles. The van der Waals surface area contributed by atoms with E-state index in [0.717, 1.165) is 6.42 Å². The molecule has 0 fully saturated rings. The van der Waals surface area contributed by atoms with Crippen molar-refractivity contribution in [1.29, 1.82) is 0 Å². The molecule has 4 nitrogen and oxygen atoms in total. The van der Waals surface area contributed by atoms with Crippen molar-refractivity contribution in [3.8, 4) is 0 Å². The molecule has 0 unspecified atom stereocenters. The monoisotopic (exact) mass is 252 g/mol. The van der Waals surface area contributed by atoms with Crippen LogP contribution in [0.5, 0.6) is 0 Å². The molecule has 0 saturated heterocycles. The van der Waals surface area contributed by atoms with Gasteiger partial charge in [0.2, 0.25) is 0 Å². The molecular weight excluding hydrogens is 237 g/mol. The van der Waals surface area contributed by atoms with Crippen molar-refractivity contribution in [1.82, 2.24) is 5.32 Å². The number of amides is 1. The van der Waals surface area contributed by atoms with Crippen LogP contribution in [-0.2, 0) is 14.3 Å². The number of carbonyl (C=O) groups is 2. The van der Waals surface area contributed by atoms with Crippen LogP contribution in [-0.4, -0.2) is 40.5 Å². The number of nitrogens with one attached hydrogen (secondary N) is 1. The summed E-state index contributed by atoms with van der Waals surface area (Å²) in [5, 5.41) is 2.93. The van der Waals surface area contributed by atoms with Gasteiger partial charge < -0.3 is 0 Å². The van der Waals surface area contributed by atoms with Crippen LogP contribution in [0, 0.1) is 0 Å². The topological polar surface area (TPSA) is 55.4 Å². The molecule has 1 atom stereocenters. The van der Waals surface area contributed by atoms with E-state index in [0.29, 0.717) is 11.9 Å². The SMILES string of the molecule is CCCOC(=O)[C@H](C[Se])NC(C)=O. The van der Waals surface area contributed by atoms with Crippen LogP contribution >= 0.6 is 0 Å². The second-order valence-electron chi connectivity index (χ2n) is 2.59. The second-order valence-corrected chi connectivity index (χ2v) is 3.29. The van der Waals surface area contributed by atoms with E-state index in [1.807, 2.05) is 6.92 Å². The van der Waals surface area contributed by atoms with E-state index in [1.165, 1.54) is 6.92 Å². The molecule has 0 bridgehead atoms. The zero-order valence-electron chi connectivity index (χ0n) is 7.83. The van der Waals surface area contributed by atoms with Crippen molar-refractivity contribution in [2.24, 2.45) is 0 Å². The Bertz CT molecular complexity index is 184. The first-order valence-corrected chi connectivity index (χ1v) is 5.34. The number of carbonyl (C=O) groups excluding carboxylic acids is 2. The van der Waals surface area contributed by atoms with Gasteiger partial charge in [0.05, 0.1) is 0 Å². The summed E-state index contributed by atoms with van der Waals surface area (Å²) in [5.41, 5.74) is 0. The number of hydrogen-bond donors (Lipinski definition) is 1. The van der Waals surface area contributed by atoms with Gasteiger partial charge in [0.25, 0.3) is 0 Å². The Morgan fingerprint density at radius 1 is 1.54 bits per heavy atom. The fourth-order valence-electron chi connectivity index (χ4n) is 0.717. The first-order valence-electron chi connectivity index (χ1n) is 4.13. The Labute approximate surface area is 86.2 Å². The van der Waals surface area contributed by atoms with Gasteiger partial charge in [0.15, 0.2) is 0 Å². The number of ether oxygens (including phenoxy) is 1. The van der Waals surface area contributed by atoms with E-state index in [2.05, 4.69) is 21.3 Å². The number of hydrogen-bond acceptors (Lipinski definition) is 3. The van der Waals surface area contributed by atoms with E-state index >= 15 is 0 Å². The third-order valence-electron chi connectivity index (χ3n) is 1.28. The molecular formula is C8H14NO3Se. The number of esters is 1. The summed E-state index contributed by atoms with van der Waals surface area (Å²) in [7, 11) is 0. The van der Waals surface area contributed by atoms with Crippen molar-refractivity contribution in [2.75, 3.05) is 6.61 Å². The minimum atomic E-state index is -0.552. The summed E-state index contributed by atoms with van der Waals surface area (Å²) in [6.07, 6.45) is 0.784. The Morgan fingerprint density at radius 2 is 2.15 bits per heavy atom. The second kappa shape index (κ2) is 6.92. The quantitative estimate of drug-likeness (QED) is 0.554. The fraction of sp³-hybridized carbons (Fsp3) is 0.750. The van der Waals surface area contributed by atoms with E-state index < -0.39 is 6.04 Å². The maximum absolute atomic E-state index is 11.2. The van der Waals surface area contributed by atoms with Crippen LogP contribution in [0.2, 0.25) is 5.32 Å². The molecule has 0 spiro atoms. The minimum absolute atomic E-state index is 0.228. The van der Waals surface area contributed by atoms with Gasteiger partial charge in [0.1, 0.15) is 0 Å². The molecule has 0 rings (SSSR count). The summed E-state index contributed by atoms with van der Waals surface area (Å²) in [5.74, 6) is -0.607. The first kappa shape index (κ1) is 12.5. The van der Waals surface area contributed by atoms with Crippen molar-refractivity contribution in [2.45, 2.75) is 31.6 Å². The molecule has 1 radical (unpaired) electrons. The van der Waals surface area contributed by atoms with Gasteiger partial charge >= 0.3 is 85.8 Å². The molecule has 0 aromatic rings. The summed E-state index contributed by atoms with van der Waals surface area (Å²) in [4.78, 5) is 21.9. The molecule has 0 aliphatic rings. The van der Waals surface area contributed by atoms with Crippen LogP contribution in [0.25, 0.3) is 0 Å². The van der Waals surface area contributed by atoms with E-state index in [1.54, 1.807) is 0 Å². The van der Waals surface area contributed by atoms with Crippen molar-refractivity contribution in [3.05, 3.63) is 0 Å². The van der Waals surface area contributed by atoms with E-state index in [9.17, 15) is 9.59 Å². The third-order valence-corrected chi connectivity index (χ3v) is 1.98. The predicted octanol–water partition coefficient (Wildman–Crippen LogP) is 0.0311. The molecule has 1 N–H and O–H groups in total. The van der Waals surface area contributed by atoms with E-state index in [4.69, 9.17) is 4.74 Å². The van der Waals surface area contributed by atoms with Gasteiger partial charge in [-0.05, 0) is 0 Å². The Kier molecular flexibility index (Phi) is 6.63. The zero-order valence-corrected chi connectivity index (χ0v) is 9.54. The van der Waals surface area contributed by atoms with Crippen LogP contribution in [0.1, 0.15) is 20.3 Å². The summed E-state index contributed by atoms with van der Waals surface area (Å²) < 4.78 is 4.87. The zero-order chi connectivity index (χ0) is 10.3. The van der Waals surface area contributed by atoms with Crippen LogP contribution in [0.4, 0.5) is 0 Å². The normalized spacial score (nSPS) is 11.9. The van der Waals surface area contributed by atoms with Gasteiger partial charge in [-0.1, -0.05) is 0 Å². The molecule has 0 aliphatic carbocycles. The third kappa shape index (κ3) is 5.66. The maximum atomic E-state index is 11.2. The summed E-state index contributed by atoms with van der Waals surface area (Å²) >= 11 is 2.69. The fourth-order valence-corrected chi connectivity index (χ4v) is 1.18.